The molecule has 1 amide bonds. The second-order valence-electron chi connectivity index (χ2n) is 5.81. The lowest BCUT2D eigenvalue weighted by molar-refractivity contribution is 0.0977. The first kappa shape index (κ1) is 19.3. The van der Waals surface area contributed by atoms with Gasteiger partial charge in [0, 0.05) is 14.8 Å². The molecule has 3 aromatic rings. The summed E-state index contributed by atoms with van der Waals surface area (Å²) in [5, 5.41) is 5.94. The van der Waals surface area contributed by atoms with Crippen molar-refractivity contribution in [1.82, 2.24) is 5.32 Å². The zero-order valence-electron chi connectivity index (χ0n) is 14.5. The van der Waals surface area contributed by atoms with Gasteiger partial charge < -0.3 is 10.1 Å². The maximum atomic E-state index is 12.3. The minimum atomic E-state index is -0.241. The predicted octanol–water partition coefficient (Wildman–Crippen LogP) is 5.52. The molecule has 0 heterocycles. The summed E-state index contributed by atoms with van der Waals surface area (Å²) in [6.45, 7) is 2.00. The molecule has 0 atom stereocenters. The molecule has 0 unspecified atom stereocenters. The molecule has 6 heteroatoms. The Kier molecular flexibility index (Phi) is 6.41. The second-order valence-corrected chi connectivity index (χ2v) is 7.38. The average Bonchev–Trinajstić information content (AvgIpc) is 2.66. The lowest BCUT2D eigenvalue weighted by Crippen LogP contribution is -2.34. The molecule has 0 aromatic heterocycles. The number of rotatable bonds is 4. The van der Waals surface area contributed by atoms with Crippen molar-refractivity contribution < 1.29 is 9.53 Å². The minimum absolute atomic E-state index is 0.241. The first-order valence-corrected chi connectivity index (χ1v) is 9.71. The van der Waals surface area contributed by atoms with Crippen LogP contribution in [-0.2, 0) is 0 Å². The van der Waals surface area contributed by atoms with Crippen LogP contribution < -0.4 is 15.4 Å². The van der Waals surface area contributed by atoms with Crippen molar-refractivity contribution in [3.8, 4) is 11.5 Å². The van der Waals surface area contributed by atoms with E-state index in [4.69, 9.17) is 17.0 Å². The number of hydrogen-bond donors (Lipinski definition) is 2. The van der Waals surface area contributed by atoms with Crippen LogP contribution >= 0.6 is 34.8 Å². The van der Waals surface area contributed by atoms with Crippen molar-refractivity contribution in [1.29, 1.82) is 0 Å². The van der Waals surface area contributed by atoms with E-state index in [1.165, 1.54) is 0 Å². The molecule has 0 spiro atoms. The fourth-order valence-electron chi connectivity index (χ4n) is 2.30. The molecule has 136 valence electrons. The Balaban J connectivity index is 1.57. The number of nitrogens with one attached hydrogen (secondary N) is 2. The molecule has 3 aromatic carbocycles. The monoisotopic (exact) mass is 488 g/mol. The lowest BCUT2D eigenvalue weighted by Gasteiger charge is -2.11. The zero-order chi connectivity index (χ0) is 19.2. The number of halogens is 1. The minimum Gasteiger partial charge on any atom is -0.457 e. The van der Waals surface area contributed by atoms with Crippen LogP contribution in [0.3, 0.4) is 0 Å². The van der Waals surface area contributed by atoms with Gasteiger partial charge in [-0.15, -0.1) is 0 Å². The second kappa shape index (κ2) is 8.96. The Morgan fingerprint density at radius 2 is 1.63 bits per heavy atom. The van der Waals surface area contributed by atoms with Gasteiger partial charge in [-0.25, -0.2) is 0 Å². The Hall–Kier alpha value is -2.45. The summed E-state index contributed by atoms with van der Waals surface area (Å²) >= 11 is 7.44. The first-order chi connectivity index (χ1) is 13.0. The molecular formula is C21H17IN2O2S. The van der Waals surface area contributed by atoms with Gasteiger partial charge in [0.1, 0.15) is 11.5 Å². The Bertz CT molecular complexity index is 960. The van der Waals surface area contributed by atoms with E-state index in [1.54, 1.807) is 6.07 Å². The van der Waals surface area contributed by atoms with Crippen LogP contribution in [0.1, 0.15) is 15.9 Å². The molecule has 4 nitrogen and oxygen atoms in total. The highest BCUT2D eigenvalue weighted by Gasteiger charge is 2.09. The van der Waals surface area contributed by atoms with Crippen LogP contribution in [0.5, 0.6) is 11.5 Å². The van der Waals surface area contributed by atoms with E-state index in [0.717, 1.165) is 26.3 Å². The van der Waals surface area contributed by atoms with E-state index in [-0.39, 0.29) is 11.0 Å². The van der Waals surface area contributed by atoms with Crippen LogP contribution in [0.15, 0.2) is 72.8 Å². The van der Waals surface area contributed by atoms with Gasteiger partial charge >= 0.3 is 0 Å². The summed E-state index contributed by atoms with van der Waals surface area (Å²) in [6.07, 6.45) is 0. The number of hydrogen-bond acceptors (Lipinski definition) is 3. The lowest BCUT2D eigenvalue weighted by atomic mass is 10.1. The highest BCUT2D eigenvalue weighted by Crippen LogP contribution is 2.22. The maximum Gasteiger partial charge on any atom is 0.257 e. The van der Waals surface area contributed by atoms with Gasteiger partial charge in [0.15, 0.2) is 5.11 Å². The molecule has 27 heavy (non-hydrogen) atoms. The standard InChI is InChI=1S/C21H17IN2O2S/c1-14-7-8-15(13-19(14)22)20(25)24-21(27)23-16-9-11-18(12-10-16)26-17-5-3-2-4-6-17/h2-13H,1H3,(H2,23,24,25,27). The topological polar surface area (TPSA) is 50.4 Å². The van der Waals surface area contributed by atoms with E-state index in [2.05, 4.69) is 33.2 Å². The fraction of sp³-hybridized carbons (Fsp3) is 0.0476. The average molecular weight is 488 g/mol. The Labute approximate surface area is 177 Å². The number of para-hydroxylation sites is 1. The van der Waals surface area contributed by atoms with Gasteiger partial charge in [0.2, 0.25) is 0 Å². The summed E-state index contributed by atoms with van der Waals surface area (Å²) in [4.78, 5) is 12.3. The van der Waals surface area contributed by atoms with Gasteiger partial charge in [-0.3, -0.25) is 10.1 Å². The van der Waals surface area contributed by atoms with Gasteiger partial charge in [0.25, 0.3) is 5.91 Å². The number of carbonyl (C=O) groups is 1. The Morgan fingerprint density at radius 1 is 0.963 bits per heavy atom. The van der Waals surface area contributed by atoms with Crippen molar-refractivity contribution in [3.05, 3.63) is 87.5 Å². The summed E-state index contributed by atoms with van der Waals surface area (Å²) in [5.74, 6) is 1.25. The molecule has 0 radical (unpaired) electrons. The summed E-state index contributed by atoms with van der Waals surface area (Å²) in [7, 11) is 0. The molecule has 0 aliphatic rings. The van der Waals surface area contributed by atoms with Crippen molar-refractivity contribution in [2.24, 2.45) is 0 Å². The van der Waals surface area contributed by atoms with Crippen LogP contribution in [0.25, 0.3) is 0 Å². The van der Waals surface area contributed by atoms with Crippen LogP contribution in [0, 0.1) is 10.5 Å². The fourth-order valence-corrected chi connectivity index (χ4v) is 3.03. The number of ether oxygens (including phenoxy) is 1. The third-order valence-electron chi connectivity index (χ3n) is 3.75. The normalized spacial score (nSPS) is 10.1. The van der Waals surface area contributed by atoms with E-state index < -0.39 is 0 Å². The van der Waals surface area contributed by atoms with E-state index in [1.807, 2.05) is 73.7 Å². The number of benzene rings is 3. The van der Waals surface area contributed by atoms with Gasteiger partial charge in [-0.2, -0.15) is 0 Å². The summed E-state index contributed by atoms with van der Waals surface area (Å²) in [6, 6.07) is 22.4. The summed E-state index contributed by atoms with van der Waals surface area (Å²) in [5.41, 5.74) is 2.46. The number of anilines is 1. The first-order valence-electron chi connectivity index (χ1n) is 8.23. The molecule has 0 fully saturated rings. The van der Waals surface area contributed by atoms with Crippen molar-refractivity contribution in [3.63, 3.8) is 0 Å². The maximum absolute atomic E-state index is 12.3. The van der Waals surface area contributed by atoms with Crippen LogP contribution in [-0.4, -0.2) is 11.0 Å². The molecule has 0 saturated heterocycles. The van der Waals surface area contributed by atoms with Gasteiger partial charge in [0.05, 0.1) is 0 Å². The number of amides is 1. The van der Waals surface area contributed by atoms with Gasteiger partial charge in [-0.05, 0) is 95.8 Å². The zero-order valence-corrected chi connectivity index (χ0v) is 17.5. The van der Waals surface area contributed by atoms with Crippen molar-refractivity contribution in [2.75, 3.05) is 5.32 Å². The largest absolute Gasteiger partial charge is 0.457 e. The molecule has 0 aliphatic carbocycles. The smallest absolute Gasteiger partial charge is 0.257 e. The predicted molar refractivity (Wildman–Crippen MR) is 121 cm³/mol. The highest BCUT2D eigenvalue weighted by atomic mass is 127. The number of carbonyl (C=O) groups excluding carboxylic acids is 1. The van der Waals surface area contributed by atoms with E-state index >= 15 is 0 Å². The molecule has 0 saturated carbocycles. The molecular weight excluding hydrogens is 471 g/mol. The molecule has 0 aliphatic heterocycles. The van der Waals surface area contributed by atoms with Crippen LogP contribution in [0.4, 0.5) is 5.69 Å². The van der Waals surface area contributed by atoms with E-state index in [9.17, 15) is 4.79 Å². The SMILES string of the molecule is Cc1ccc(C(=O)NC(=S)Nc2ccc(Oc3ccccc3)cc2)cc1I. The third kappa shape index (κ3) is 5.51. The quantitative estimate of drug-likeness (QED) is 0.375. The van der Waals surface area contributed by atoms with Crippen molar-refractivity contribution in [2.45, 2.75) is 6.92 Å². The third-order valence-corrected chi connectivity index (χ3v) is 5.12. The molecule has 2 N–H and O–H groups in total. The number of thiocarbonyl (C=S) groups is 1. The summed E-state index contributed by atoms with van der Waals surface area (Å²) < 4.78 is 6.79. The van der Waals surface area contributed by atoms with Gasteiger partial charge in [-0.1, -0.05) is 24.3 Å². The number of aryl methyl sites for hydroxylation is 1. The van der Waals surface area contributed by atoms with Crippen molar-refractivity contribution >= 4 is 51.5 Å². The van der Waals surface area contributed by atoms with E-state index in [0.29, 0.717) is 5.56 Å². The Morgan fingerprint density at radius 3 is 2.30 bits per heavy atom. The highest BCUT2D eigenvalue weighted by molar-refractivity contribution is 14.1. The van der Waals surface area contributed by atoms with Crippen LogP contribution in [0.2, 0.25) is 0 Å². The molecule has 0 bridgehead atoms. The molecule has 3 rings (SSSR count).